The van der Waals surface area contributed by atoms with Crippen molar-refractivity contribution in [3.05, 3.63) is 29.2 Å². The highest BCUT2D eigenvalue weighted by atomic mass is 32.1. The Bertz CT molecular complexity index is 1220. The van der Waals surface area contributed by atoms with Crippen LogP contribution in [0.3, 0.4) is 0 Å². The molecule has 0 N–H and O–H groups in total. The molecule has 3 aromatic heterocycles. The van der Waals surface area contributed by atoms with Crippen LogP contribution in [0.5, 0.6) is 0 Å². The van der Waals surface area contributed by atoms with Gasteiger partial charge in [-0.2, -0.15) is 18.2 Å². The fourth-order valence-electron chi connectivity index (χ4n) is 4.87. The van der Waals surface area contributed by atoms with E-state index in [1.54, 1.807) is 0 Å². The van der Waals surface area contributed by atoms with Crippen LogP contribution in [0.2, 0.25) is 0 Å². The highest BCUT2D eigenvalue weighted by Crippen LogP contribution is 2.36. The summed E-state index contributed by atoms with van der Waals surface area (Å²) in [6.45, 7) is 8.83. The number of halogens is 3. The Morgan fingerprint density at radius 2 is 1.78 bits per heavy atom. The van der Waals surface area contributed by atoms with Gasteiger partial charge in [0.25, 0.3) is 0 Å². The van der Waals surface area contributed by atoms with Crippen LogP contribution in [-0.4, -0.2) is 74.5 Å². The summed E-state index contributed by atoms with van der Waals surface area (Å²) in [5.41, 5.74) is 1.65. The molecular weight excluding hydrogens is 491 g/mol. The molecule has 2 aliphatic heterocycles. The number of fused-ring (bicyclic) bond motifs is 1. The van der Waals surface area contributed by atoms with Gasteiger partial charge in [0.05, 0.1) is 10.2 Å². The van der Waals surface area contributed by atoms with Crippen LogP contribution in [0.4, 0.5) is 19.1 Å². The van der Waals surface area contributed by atoms with E-state index < -0.39 is 12.0 Å². The minimum absolute atomic E-state index is 0.0227. The van der Waals surface area contributed by atoms with Gasteiger partial charge in [-0.3, -0.25) is 14.3 Å². The molecule has 0 aromatic carbocycles. The molecule has 2 saturated heterocycles. The number of rotatable bonds is 5. The lowest BCUT2D eigenvalue weighted by Crippen LogP contribution is -2.49. The molecule has 0 unspecified atom stereocenters. The molecule has 0 saturated carbocycles. The molecule has 0 radical (unpaired) electrons. The third kappa shape index (κ3) is 4.93. The summed E-state index contributed by atoms with van der Waals surface area (Å²) in [6, 6.07) is 0. The van der Waals surface area contributed by atoms with E-state index in [9.17, 15) is 18.0 Å². The first-order valence-electron chi connectivity index (χ1n) is 12.4. The van der Waals surface area contributed by atoms with E-state index in [0.29, 0.717) is 35.8 Å². The van der Waals surface area contributed by atoms with Gasteiger partial charge >= 0.3 is 6.18 Å². The second-order valence-electron chi connectivity index (χ2n) is 9.71. The summed E-state index contributed by atoms with van der Waals surface area (Å²) in [6.07, 6.45) is 1.01. The zero-order valence-corrected chi connectivity index (χ0v) is 21.3. The Balaban J connectivity index is 1.49. The number of amides is 1. The van der Waals surface area contributed by atoms with Crippen molar-refractivity contribution >= 4 is 33.4 Å². The number of hydrogen-bond acceptors (Lipinski definition) is 7. The average Bonchev–Trinajstić information content (AvgIpc) is 3.52. The number of anilines is 1. The van der Waals surface area contributed by atoms with E-state index >= 15 is 0 Å². The molecule has 12 heteroatoms. The topological polar surface area (TPSA) is 70.4 Å². The minimum Gasteiger partial charge on any atom is -0.341 e. The zero-order chi connectivity index (χ0) is 25.4. The van der Waals surface area contributed by atoms with E-state index in [-0.39, 0.29) is 17.6 Å². The van der Waals surface area contributed by atoms with Gasteiger partial charge in [0, 0.05) is 69.7 Å². The highest BCUT2D eigenvalue weighted by Gasteiger charge is 2.37. The molecule has 8 nitrogen and oxygen atoms in total. The Labute approximate surface area is 211 Å². The monoisotopic (exact) mass is 521 g/mol. The molecule has 5 rings (SSSR count). The van der Waals surface area contributed by atoms with Crippen molar-refractivity contribution in [1.29, 1.82) is 0 Å². The Hall–Kier alpha value is -2.73. The van der Waals surface area contributed by atoms with Crippen molar-refractivity contribution in [2.24, 2.45) is 5.92 Å². The molecule has 1 amide bonds. The maximum atomic E-state index is 13.7. The van der Waals surface area contributed by atoms with Crippen LogP contribution in [0.15, 0.2) is 17.8 Å². The average molecular weight is 522 g/mol. The van der Waals surface area contributed by atoms with Crippen LogP contribution in [0, 0.1) is 5.92 Å². The number of piperazine rings is 1. The molecule has 2 aliphatic rings. The highest BCUT2D eigenvalue weighted by molar-refractivity contribution is 7.17. The van der Waals surface area contributed by atoms with Crippen molar-refractivity contribution in [2.75, 3.05) is 44.2 Å². The fraction of sp³-hybridized carbons (Fsp3) is 0.583. The molecule has 5 heterocycles. The zero-order valence-electron chi connectivity index (χ0n) is 20.5. The van der Waals surface area contributed by atoms with Crippen LogP contribution in [0.25, 0.3) is 16.0 Å². The van der Waals surface area contributed by atoms with Crippen molar-refractivity contribution in [2.45, 2.75) is 45.8 Å². The van der Waals surface area contributed by atoms with Gasteiger partial charge in [-0.15, -0.1) is 11.3 Å². The van der Waals surface area contributed by atoms with Gasteiger partial charge in [0.1, 0.15) is 0 Å². The number of aromatic nitrogens is 4. The van der Waals surface area contributed by atoms with E-state index in [2.05, 4.69) is 19.8 Å². The molecule has 0 atom stereocenters. The Kier molecular flexibility index (Phi) is 6.90. The maximum absolute atomic E-state index is 13.7. The molecule has 0 aliphatic carbocycles. The van der Waals surface area contributed by atoms with Gasteiger partial charge in [-0.05, 0) is 24.6 Å². The maximum Gasteiger partial charge on any atom is 0.450 e. The van der Waals surface area contributed by atoms with Crippen molar-refractivity contribution < 1.29 is 18.0 Å². The summed E-state index contributed by atoms with van der Waals surface area (Å²) in [4.78, 5) is 31.7. The minimum atomic E-state index is -4.60. The lowest BCUT2D eigenvalue weighted by Gasteiger charge is -2.35. The third-order valence-corrected chi connectivity index (χ3v) is 7.81. The number of piperidine rings is 1. The predicted octanol–water partition coefficient (Wildman–Crippen LogP) is 4.19. The van der Waals surface area contributed by atoms with E-state index in [1.165, 1.54) is 17.5 Å². The summed E-state index contributed by atoms with van der Waals surface area (Å²) >= 11 is 1.36. The number of nitrogens with zero attached hydrogens (tertiary/aromatic N) is 7. The van der Waals surface area contributed by atoms with Gasteiger partial charge < -0.3 is 9.80 Å². The number of carbonyl (C=O) groups excluding carboxylic acids is 1. The normalized spacial score (nSPS) is 17.9. The molecule has 36 heavy (non-hydrogen) atoms. The van der Waals surface area contributed by atoms with Gasteiger partial charge in [0.2, 0.25) is 17.7 Å². The summed E-state index contributed by atoms with van der Waals surface area (Å²) in [5, 5.41) is 1.97. The Morgan fingerprint density at radius 1 is 1.06 bits per heavy atom. The van der Waals surface area contributed by atoms with Gasteiger partial charge in [0.15, 0.2) is 5.82 Å². The largest absolute Gasteiger partial charge is 0.450 e. The quantitative estimate of drug-likeness (QED) is 0.502. The van der Waals surface area contributed by atoms with Crippen LogP contribution >= 0.6 is 11.3 Å². The molecule has 194 valence electrons. The number of carbonyl (C=O) groups is 1. The van der Waals surface area contributed by atoms with E-state index in [0.717, 1.165) is 61.8 Å². The standard InChI is InChI=1S/C24H30F3N7OS/c1-16(2)21(35)32-12-10-31(11-13-32)14-17-15-36-19-18(17)29-23(33-7-4-3-5-8-33)30-20(19)34-9-6-28-22(34)24(25,26)27/h6,9,15-16H,3-5,7-8,10-14H2,1-2H3. The predicted molar refractivity (Wildman–Crippen MR) is 132 cm³/mol. The Morgan fingerprint density at radius 3 is 2.44 bits per heavy atom. The van der Waals surface area contributed by atoms with Crippen LogP contribution < -0.4 is 4.90 Å². The van der Waals surface area contributed by atoms with Crippen LogP contribution in [-0.2, 0) is 17.5 Å². The SMILES string of the molecule is CC(C)C(=O)N1CCN(Cc2csc3c(-n4ccnc4C(F)(F)F)nc(N4CCCCC4)nc23)CC1. The van der Waals surface area contributed by atoms with E-state index in [4.69, 9.17) is 4.98 Å². The van der Waals surface area contributed by atoms with Gasteiger partial charge in [-0.25, -0.2) is 9.97 Å². The summed E-state index contributed by atoms with van der Waals surface area (Å²) in [7, 11) is 0. The lowest BCUT2D eigenvalue weighted by atomic mass is 10.1. The first kappa shape index (κ1) is 24.9. The second kappa shape index (κ2) is 9.97. The number of thiophene rings is 1. The molecule has 0 bridgehead atoms. The molecule has 2 fully saturated rings. The first-order valence-corrected chi connectivity index (χ1v) is 13.3. The third-order valence-electron chi connectivity index (χ3n) is 6.79. The molecular formula is C24H30F3N7OS. The fourth-order valence-corrected chi connectivity index (χ4v) is 5.85. The number of hydrogen-bond donors (Lipinski definition) is 0. The number of imidazole rings is 1. The van der Waals surface area contributed by atoms with Crippen molar-refractivity contribution in [1.82, 2.24) is 29.3 Å². The first-order chi connectivity index (χ1) is 17.2. The smallest absolute Gasteiger partial charge is 0.341 e. The van der Waals surface area contributed by atoms with Gasteiger partial charge in [-0.1, -0.05) is 13.8 Å². The van der Waals surface area contributed by atoms with Crippen molar-refractivity contribution in [3.8, 4) is 5.82 Å². The summed E-state index contributed by atoms with van der Waals surface area (Å²) < 4.78 is 42.8. The van der Waals surface area contributed by atoms with Crippen LogP contribution in [0.1, 0.15) is 44.5 Å². The summed E-state index contributed by atoms with van der Waals surface area (Å²) in [5.74, 6) is -0.168. The second-order valence-corrected chi connectivity index (χ2v) is 10.6. The number of alkyl halides is 3. The van der Waals surface area contributed by atoms with Crippen molar-refractivity contribution in [3.63, 3.8) is 0 Å². The lowest BCUT2D eigenvalue weighted by molar-refractivity contribution is -0.146. The molecule has 0 spiro atoms. The van der Waals surface area contributed by atoms with E-state index in [1.807, 2.05) is 24.1 Å². The molecule has 3 aromatic rings.